The molecule has 3 fully saturated rings. The monoisotopic (exact) mass is 435 g/mol. The van der Waals surface area contributed by atoms with Gasteiger partial charge in [0.2, 0.25) is 5.91 Å². The number of carbonyl (C=O) groups is 1. The summed E-state index contributed by atoms with van der Waals surface area (Å²) in [5.74, 6) is 0.228. The van der Waals surface area contributed by atoms with Crippen molar-refractivity contribution >= 4 is 17.3 Å². The summed E-state index contributed by atoms with van der Waals surface area (Å²) in [5.41, 5.74) is 11.1. The highest BCUT2D eigenvalue weighted by Gasteiger charge is 2.44. The topological polar surface area (TPSA) is 84.6 Å². The van der Waals surface area contributed by atoms with E-state index >= 15 is 0 Å². The molecule has 0 bridgehead atoms. The molecule has 4 heterocycles. The van der Waals surface area contributed by atoms with Gasteiger partial charge in [-0.2, -0.15) is 0 Å². The number of aryl methyl sites for hydroxylation is 1. The van der Waals surface area contributed by atoms with Crippen LogP contribution in [0, 0.1) is 12.8 Å². The molecule has 8 heteroatoms. The first-order chi connectivity index (χ1) is 15.6. The van der Waals surface area contributed by atoms with E-state index in [4.69, 9.17) is 0 Å². The van der Waals surface area contributed by atoms with E-state index in [0.717, 1.165) is 44.8 Å². The quantitative estimate of drug-likeness (QED) is 0.576. The number of amides is 1. The molecule has 3 aliphatic rings. The number of piperazine rings is 1. The molecule has 0 radical (unpaired) electrons. The van der Waals surface area contributed by atoms with Gasteiger partial charge in [-0.3, -0.25) is 15.2 Å². The van der Waals surface area contributed by atoms with E-state index in [0.29, 0.717) is 0 Å². The molecule has 0 aliphatic carbocycles. The fourth-order valence-electron chi connectivity index (χ4n) is 5.15. The van der Waals surface area contributed by atoms with Crippen LogP contribution in [0.3, 0.4) is 0 Å². The number of piperidine rings is 1. The number of aromatic nitrogens is 1. The highest BCUT2D eigenvalue weighted by atomic mass is 16.2. The van der Waals surface area contributed by atoms with Gasteiger partial charge in [0.05, 0.1) is 0 Å². The first-order valence-corrected chi connectivity index (χ1v) is 11.6. The summed E-state index contributed by atoms with van der Waals surface area (Å²) < 4.78 is 0. The predicted octanol–water partition coefficient (Wildman–Crippen LogP) is 1.28. The van der Waals surface area contributed by atoms with Crippen molar-refractivity contribution in [3.8, 4) is 0 Å². The van der Waals surface area contributed by atoms with Crippen molar-refractivity contribution in [2.45, 2.75) is 31.5 Å². The SMILES string of the molecule is Cc1ccncc1C1CC2C(CN1)NNC2C(=O)Nc1ccc(N2CCN(C)CC2)cc1. The van der Waals surface area contributed by atoms with E-state index in [9.17, 15) is 4.79 Å². The number of hydrogen-bond acceptors (Lipinski definition) is 7. The van der Waals surface area contributed by atoms with E-state index in [1.54, 1.807) is 0 Å². The van der Waals surface area contributed by atoms with Crippen molar-refractivity contribution in [3.05, 3.63) is 53.9 Å². The van der Waals surface area contributed by atoms with Gasteiger partial charge in [0.1, 0.15) is 6.04 Å². The Balaban J connectivity index is 1.22. The molecule has 3 aliphatic heterocycles. The highest BCUT2D eigenvalue weighted by Crippen LogP contribution is 2.33. The van der Waals surface area contributed by atoms with Crippen LogP contribution in [0.4, 0.5) is 11.4 Å². The van der Waals surface area contributed by atoms with Crippen LogP contribution in [0.15, 0.2) is 42.7 Å². The lowest BCUT2D eigenvalue weighted by molar-refractivity contribution is -0.119. The van der Waals surface area contributed by atoms with Crippen molar-refractivity contribution in [1.82, 2.24) is 26.1 Å². The van der Waals surface area contributed by atoms with Gasteiger partial charge in [0.25, 0.3) is 0 Å². The van der Waals surface area contributed by atoms with Crippen molar-refractivity contribution in [1.29, 1.82) is 0 Å². The number of fused-ring (bicyclic) bond motifs is 1. The molecule has 0 saturated carbocycles. The van der Waals surface area contributed by atoms with E-state index < -0.39 is 0 Å². The highest BCUT2D eigenvalue weighted by molar-refractivity contribution is 5.95. The van der Waals surface area contributed by atoms with Crippen LogP contribution >= 0.6 is 0 Å². The Hall–Kier alpha value is -2.52. The molecule has 170 valence electrons. The van der Waals surface area contributed by atoms with Gasteiger partial charge < -0.3 is 20.4 Å². The minimum absolute atomic E-state index is 0.0147. The second-order valence-corrected chi connectivity index (χ2v) is 9.29. The normalized spacial score (nSPS) is 28.4. The van der Waals surface area contributed by atoms with Crippen molar-refractivity contribution in [3.63, 3.8) is 0 Å². The van der Waals surface area contributed by atoms with Crippen LogP contribution < -0.4 is 26.4 Å². The summed E-state index contributed by atoms with van der Waals surface area (Å²) in [5, 5.41) is 6.73. The standard InChI is InChI=1S/C24H33N7O/c1-16-7-8-25-14-20(16)21-13-19-22(15-26-21)28-29-23(19)24(32)27-17-3-5-18(6-4-17)31-11-9-30(2)10-12-31/h3-8,14,19,21-23,26,28-29H,9-13,15H2,1-2H3,(H,27,32). The molecule has 1 aromatic heterocycles. The van der Waals surface area contributed by atoms with Gasteiger partial charge >= 0.3 is 0 Å². The zero-order valence-corrected chi connectivity index (χ0v) is 18.8. The van der Waals surface area contributed by atoms with E-state index in [1.165, 1.54) is 16.8 Å². The van der Waals surface area contributed by atoms with Crippen LogP contribution in [0.5, 0.6) is 0 Å². The molecular weight excluding hydrogens is 402 g/mol. The molecule has 4 unspecified atom stereocenters. The summed E-state index contributed by atoms with van der Waals surface area (Å²) in [6.07, 6.45) is 4.66. The molecule has 4 atom stereocenters. The average molecular weight is 436 g/mol. The third kappa shape index (κ3) is 4.36. The van der Waals surface area contributed by atoms with Crippen molar-refractivity contribution in [2.75, 3.05) is 50.0 Å². The Morgan fingerprint density at radius 1 is 1.09 bits per heavy atom. The Morgan fingerprint density at radius 3 is 2.62 bits per heavy atom. The lowest BCUT2D eigenvalue weighted by atomic mass is 9.81. The fourth-order valence-corrected chi connectivity index (χ4v) is 5.15. The molecule has 2 aromatic rings. The lowest BCUT2D eigenvalue weighted by Gasteiger charge is -2.34. The zero-order chi connectivity index (χ0) is 22.1. The number of carbonyl (C=O) groups excluding carboxylic acids is 1. The maximum Gasteiger partial charge on any atom is 0.243 e. The molecule has 0 spiro atoms. The summed E-state index contributed by atoms with van der Waals surface area (Å²) in [7, 11) is 2.16. The number of pyridine rings is 1. The minimum atomic E-state index is -0.265. The average Bonchev–Trinajstić information content (AvgIpc) is 3.24. The number of nitrogens with one attached hydrogen (secondary N) is 4. The molecule has 8 nitrogen and oxygen atoms in total. The number of benzene rings is 1. The number of hydrogen-bond donors (Lipinski definition) is 4. The summed E-state index contributed by atoms with van der Waals surface area (Å²) in [6.45, 7) is 7.17. The number of rotatable bonds is 4. The predicted molar refractivity (Wildman–Crippen MR) is 126 cm³/mol. The zero-order valence-electron chi connectivity index (χ0n) is 18.8. The maximum atomic E-state index is 13.1. The fraction of sp³-hybridized carbons (Fsp3) is 0.500. The Labute approximate surface area is 189 Å². The number of anilines is 2. The summed E-state index contributed by atoms with van der Waals surface area (Å²) >= 11 is 0. The number of hydrazine groups is 1. The van der Waals surface area contributed by atoms with Gasteiger partial charge in [0.15, 0.2) is 0 Å². The molecule has 5 rings (SSSR count). The summed E-state index contributed by atoms with van der Waals surface area (Å²) in [6, 6.07) is 10.5. The Kier molecular flexibility index (Phi) is 6.10. The minimum Gasteiger partial charge on any atom is -0.369 e. The molecule has 1 aromatic carbocycles. The van der Waals surface area contributed by atoms with Crippen LogP contribution in [0.2, 0.25) is 0 Å². The second kappa shape index (κ2) is 9.15. The van der Waals surface area contributed by atoms with Crippen molar-refractivity contribution in [2.24, 2.45) is 5.92 Å². The third-order valence-electron chi connectivity index (χ3n) is 7.20. The molecule has 4 N–H and O–H groups in total. The third-order valence-corrected chi connectivity index (χ3v) is 7.20. The van der Waals surface area contributed by atoms with Crippen molar-refractivity contribution < 1.29 is 4.79 Å². The molecule has 32 heavy (non-hydrogen) atoms. The van der Waals surface area contributed by atoms with Gasteiger partial charge in [-0.05, 0) is 61.9 Å². The maximum absolute atomic E-state index is 13.1. The Morgan fingerprint density at radius 2 is 1.88 bits per heavy atom. The van der Waals surface area contributed by atoms with Crippen LogP contribution in [0.25, 0.3) is 0 Å². The van der Waals surface area contributed by atoms with Crippen LogP contribution in [-0.2, 0) is 4.79 Å². The van der Waals surface area contributed by atoms with Gasteiger partial charge in [-0.25, -0.2) is 5.43 Å². The van der Waals surface area contributed by atoms with Gasteiger partial charge in [-0.1, -0.05) is 0 Å². The van der Waals surface area contributed by atoms with Gasteiger partial charge in [0, 0.05) is 74.5 Å². The smallest absolute Gasteiger partial charge is 0.243 e. The number of likely N-dealkylation sites (N-methyl/N-ethyl adjacent to an activating group) is 1. The Bertz CT molecular complexity index is 942. The van der Waals surface area contributed by atoms with E-state index in [1.807, 2.05) is 30.6 Å². The van der Waals surface area contributed by atoms with Gasteiger partial charge in [-0.15, -0.1) is 0 Å². The van der Waals surface area contributed by atoms with Crippen LogP contribution in [-0.4, -0.2) is 67.6 Å². The first kappa shape index (κ1) is 21.3. The largest absolute Gasteiger partial charge is 0.369 e. The van der Waals surface area contributed by atoms with E-state index in [2.05, 4.69) is 62.4 Å². The first-order valence-electron chi connectivity index (χ1n) is 11.6. The molecule has 1 amide bonds. The van der Waals surface area contributed by atoms with E-state index in [-0.39, 0.29) is 30.0 Å². The lowest BCUT2D eigenvalue weighted by Crippen LogP contribution is -2.47. The summed E-state index contributed by atoms with van der Waals surface area (Å²) in [4.78, 5) is 22.2. The molecule has 3 saturated heterocycles. The second-order valence-electron chi connectivity index (χ2n) is 9.29. The van der Waals surface area contributed by atoms with Crippen LogP contribution in [0.1, 0.15) is 23.6 Å². The number of nitrogens with zero attached hydrogens (tertiary/aromatic N) is 3. The molecular formula is C24H33N7O.